The summed E-state index contributed by atoms with van der Waals surface area (Å²) in [6.45, 7) is 7.23. The molecule has 18 heavy (non-hydrogen) atoms. The highest BCUT2D eigenvalue weighted by Gasteiger charge is 2.09. The second-order valence-corrected chi connectivity index (χ2v) is 4.28. The molecule has 0 amide bonds. The van der Waals surface area contributed by atoms with Gasteiger partial charge >= 0.3 is 0 Å². The molecule has 0 saturated heterocycles. The van der Waals surface area contributed by atoms with Crippen molar-refractivity contribution in [3.8, 4) is 5.88 Å². The lowest BCUT2D eigenvalue weighted by Crippen LogP contribution is -2.10. The standard InChI is InChI=1S/C14H17N3O/c1-4-5-13-11(3)14(17-9-16-13)18-8-12-6-10(2)7-15-12/h4-6,9H,7-8H2,1-3H3/b5-4-. The largest absolute Gasteiger partial charge is 0.471 e. The molecule has 0 bridgehead atoms. The molecule has 94 valence electrons. The highest BCUT2D eigenvalue weighted by molar-refractivity contribution is 5.98. The smallest absolute Gasteiger partial charge is 0.220 e. The third-order valence-corrected chi connectivity index (χ3v) is 2.70. The molecule has 0 aromatic carbocycles. The number of rotatable bonds is 4. The van der Waals surface area contributed by atoms with E-state index in [0.717, 1.165) is 23.5 Å². The molecule has 0 saturated carbocycles. The maximum atomic E-state index is 5.70. The van der Waals surface area contributed by atoms with Crippen molar-refractivity contribution in [1.29, 1.82) is 0 Å². The van der Waals surface area contributed by atoms with Crippen LogP contribution in [-0.2, 0) is 0 Å². The Bertz CT molecular complexity index is 530. The molecule has 4 heteroatoms. The van der Waals surface area contributed by atoms with Crippen LogP contribution >= 0.6 is 0 Å². The van der Waals surface area contributed by atoms with E-state index in [9.17, 15) is 0 Å². The maximum Gasteiger partial charge on any atom is 0.220 e. The van der Waals surface area contributed by atoms with Crippen molar-refractivity contribution in [3.63, 3.8) is 0 Å². The fraction of sp³-hybridized carbons (Fsp3) is 0.357. The van der Waals surface area contributed by atoms with Crippen LogP contribution in [0.15, 0.2) is 29.0 Å². The Morgan fingerprint density at radius 2 is 2.17 bits per heavy atom. The Morgan fingerprint density at radius 3 is 2.83 bits per heavy atom. The molecule has 1 aliphatic rings. The monoisotopic (exact) mass is 243 g/mol. The third kappa shape index (κ3) is 2.83. The second-order valence-electron chi connectivity index (χ2n) is 4.28. The van der Waals surface area contributed by atoms with E-state index < -0.39 is 0 Å². The normalized spacial score (nSPS) is 14.8. The molecule has 1 aliphatic heterocycles. The molecule has 2 heterocycles. The van der Waals surface area contributed by atoms with E-state index in [2.05, 4.69) is 28.0 Å². The number of allylic oxidation sites excluding steroid dienone is 1. The lowest BCUT2D eigenvalue weighted by atomic mass is 10.2. The van der Waals surface area contributed by atoms with Crippen molar-refractivity contribution in [1.82, 2.24) is 9.97 Å². The lowest BCUT2D eigenvalue weighted by Gasteiger charge is -2.08. The van der Waals surface area contributed by atoms with Gasteiger partial charge < -0.3 is 4.74 Å². The van der Waals surface area contributed by atoms with Crippen LogP contribution < -0.4 is 4.74 Å². The topological polar surface area (TPSA) is 47.4 Å². The summed E-state index contributed by atoms with van der Waals surface area (Å²) in [6.07, 6.45) is 7.48. The fourth-order valence-electron chi connectivity index (χ4n) is 1.75. The van der Waals surface area contributed by atoms with E-state index in [1.54, 1.807) is 0 Å². The first-order valence-electron chi connectivity index (χ1n) is 5.98. The van der Waals surface area contributed by atoms with Crippen LogP contribution in [0.25, 0.3) is 6.08 Å². The van der Waals surface area contributed by atoms with E-state index in [-0.39, 0.29) is 0 Å². The number of nitrogens with zero attached hydrogens (tertiary/aromatic N) is 3. The SMILES string of the molecule is C/C=C\c1ncnc(OCC2=NCC(C)=C2)c1C. The van der Waals surface area contributed by atoms with Gasteiger partial charge in [-0.2, -0.15) is 0 Å². The molecule has 0 unspecified atom stereocenters. The predicted molar refractivity (Wildman–Crippen MR) is 73.0 cm³/mol. The molecule has 0 atom stereocenters. The number of ether oxygens (including phenoxy) is 1. The van der Waals surface area contributed by atoms with Crippen LogP contribution in [0.5, 0.6) is 5.88 Å². The second kappa shape index (κ2) is 5.58. The summed E-state index contributed by atoms with van der Waals surface area (Å²) in [6, 6.07) is 0. The average molecular weight is 243 g/mol. The molecule has 2 rings (SSSR count). The van der Waals surface area contributed by atoms with Gasteiger partial charge in [0.2, 0.25) is 5.88 Å². The van der Waals surface area contributed by atoms with Crippen LogP contribution in [-0.4, -0.2) is 28.8 Å². The van der Waals surface area contributed by atoms with Gasteiger partial charge in [0.25, 0.3) is 0 Å². The van der Waals surface area contributed by atoms with Crippen LogP contribution in [0.4, 0.5) is 0 Å². The Balaban J connectivity index is 2.08. The van der Waals surface area contributed by atoms with Gasteiger partial charge in [0.1, 0.15) is 12.9 Å². The van der Waals surface area contributed by atoms with Gasteiger partial charge in [0.05, 0.1) is 18.0 Å². The van der Waals surface area contributed by atoms with Gasteiger partial charge in [-0.1, -0.05) is 11.6 Å². The van der Waals surface area contributed by atoms with Crippen LogP contribution in [0.2, 0.25) is 0 Å². The van der Waals surface area contributed by atoms with E-state index in [1.165, 1.54) is 11.9 Å². The minimum atomic E-state index is 0.463. The zero-order valence-corrected chi connectivity index (χ0v) is 11.0. The van der Waals surface area contributed by atoms with E-state index in [4.69, 9.17) is 4.74 Å². The fourth-order valence-corrected chi connectivity index (χ4v) is 1.75. The van der Waals surface area contributed by atoms with Crippen molar-refractivity contribution in [3.05, 3.63) is 35.3 Å². The van der Waals surface area contributed by atoms with E-state index >= 15 is 0 Å². The van der Waals surface area contributed by atoms with Crippen LogP contribution in [0, 0.1) is 6.92 Å². The summed E-state index contributed by atoms with van der Waals surface area (Å²) >= 11 is 0. The first kappa shape index (κ1) is 12.5. The van der Waals surface area contributed by atoms with Gasteiger partial charge in [-0.05, 0) is 32.9 Å². The summed E-state index contributed by atoms with van der Waals surface area (Å²) in [4.78, 5) is 12.7. The van der Waals surface area contributed by atoms with E-state index in [1.807, 2.05) is 26.0 Å². The zero-order valence-electron chi connectivity index (χ0n) is 11.0. The lowest BCUT2D eigenvalue weighted by molar-refractivity contribution is 0.358. The van der Waals surface area contributed by atoms with Crippen LogP contribution in [0.3, 0.4) is 0 Å². The molecule has 0 radical (unpaired) electrons. The quantitative estimate of drug-likeness (QED) is 0.816. The summed E-state index contributed by atoms with van der Waals surface area (Å²) in [5.74, 6) is 0.624. The van der Waals surface area contributed by atoms with Gasteiger partial charge in [-0.3, -0.25) is 4.99 Å². The van der Waals surface area contributed by atoms with Gasteiger partial charge in [0, 0.05) is 5.56 Å². The summed E-state index contributed by atoms with van der Waals surface area (Å²) < 4.78 is 5.70. The number of aromatic nitrogens is 2. The Hall–Kier alpha value is -1.97. The summed E-state index contributed by atoms with van der Waals surface area (Å²) in [5.41, 5.74) is 4.08. The maximum absolute atomic E-state index is 5.70. The van der Waals surface area contributed by atoms with Crippen molar-refractivity contribution in [2.75, 3.05) is 13.2 Å². The molecule has 0 aliphatic carbocycles. The highest BCUT2D eigenvalue weighted by atomic mass is 16.5. The molecular weight excluding hydrogens is 226 g/mol. The van der Waals surface area contributed by atoms with Crippen LogP contribution in [0.1, 0.15) is 25.1 Å². The Labute approximate surface area is 107 Å². The molecule has 0 N–H and O–H groups in total. The van der Waals surface area contributed by atoms with Crippen molar-refractivity contribution in [2.45, 2.75) is 20.8 Å². The molecule has 1 aromatic heterocycles. The summed E-state index contributed by atoms with van der Waals surface area (Å²) in [7, 11) is 0. The van der Waals surface area contributed by atoms with Gasteiger partial charge in [-0.15, -0.1) is 0 Å². The molecule has 4 nitrogen and oxygen atoms in total. The molecular formula is C14H17N3O. The average Bonchev–Trinajstić information content (AvgIpc) is 2.77. The third-order valence-electron chi connectivity index (χ3n) is 2.70. The Kier molecular flexibility index (Phi) is 3.87. The Morgan fingerprint density at radius 1 is 1.33 bits per heavy atom. The molecule has 0 fully saturated rings. The van der Waals surface area contributed by atoms with Crippen molar-refractivity contribution >= 4 is 11.8 Å². The summed E-state index contributed by atoms with van der Waals surface area (Å²) in [5, 5.41) is 0. The molecule has 0 spiro atoms. The van der Waals surface area contributed by atoms with Gasteiger partial charge in [-0.25, -0.2) is 9.97 Å². The number of hydrogen-bond donors (Lipinski definition) is 0. The van der Waals surface area contributed by atoms with Crippen molar-refractivity contribution < 1.29 is 4.74 Å². The van der Waals surface area contributed by atoms with Crippen molar-refractivity contribution in [2.24, 2.45) is 4.99 Å². The number of aliphatic imine (C=N–C) groups is 1. The minimum Gasteiger partial charge on any atom is -0.471 e. The predicted octanol–water partition coefficient (Wildman–Crippen LogP) is 2.60. The molecule has 1 aromatic rings. The number of hydrogen-bond acceptors (Lipinski definition) is 4. The van der Waals surface area contributed by atoms with Gasteiger partial charge in [0.15, 0.2) is 0 Å². The first-order chi connectivity index (χ1) is 8.70. The zero-order chi connectivity index (χ0) is 13.0. The van der Waals surface area contributed by atoms with E-state index in [0.29, 0.717) is 12.5 Å². The first-order valence-corrected chi connectivity index (χ1v) is 5.98. The highest BCUT2D eigenvalue weighted by Crippen LogP contribution is 2.17. The minimum absolute atomic E-state index is 0.463.